The van der Waals surface area contributed by atoms with Crippen LogP contribution in [0.15, 0.2) is 46.8 Å². The Bertz CT molecular complexity index is 1820. The van der Waals surface area contributed by atoms with E-state index in [9.17, 15) is 32.7 Å². The van der Waals surface area contributed by atoms with Gasteiger partial charge in [0.25, 0.3) is 5.91 Å². The number of carbonyl (C=O) groups is 2. The second-order valence-electron chi connectivity index (χ2n) is 11.5. The molecule has 5 rings (SSSR count). The molecule has 1 aliphatic heterocycles. The van der Waals surface area contributed by atoms with Crippen LogP contribution in [0.4, 0.5) is 23.8 Å². The van der Waals surface area contributed by atoms with E-state index in [1.54, 1.807) is 32.0 Å². The highest BCUT2D eigenvalue weighted by molar-refractivity contribution is 7.13. The van der Waals surface area contributed by atoms with Gasteiger partial charge in [-0.25, -0.2) is 14.8 Å². The highest BCUT2D eigenvalue weighted by Crippen LogP contribution is 2.39. The van der Waals surface area contributed by atoms with Gasteiger partial charge in [-0.3, -0.25) is 14.9 Å². The van der Waals surface area contributed by atoms with E-state index in [-0.39, 0.29) is 46.5 Å². The van der Waals surface area contributed by atoms with E-state index in [0.717, 1.165) is 36.0 Å². The second kappa shape index (κ2) is 14.6. The van der Waals surface area contributed by atoms with Crippen molar-refractivity contribution in [2.75, 3.05) is 31.7 Å². The van der Waals surface area contributed by atoms with Crippen LogP contribution in [-0.2, 0) is 17.5 Å². The van der Waals surface area contributed by atoms with Gasteiger partial charge in [0.05, 0.1) is 12.1 Å². The molecule has 11 nitrogen and oxygen atoms in total. The van der Waals surface area contributed by atoms with Crippen molar-refractivity contribution in [2.24, 2.45) is 5.92 Å². The lowest BCUT2D eigenvalue weighted by molar-refractivity contribution is -0.140. The zero-order chi connectivity index (χ0) is 33.7. The number of amides is 3. The number of rotatable bonds is 10. The number of aromatic nitrogens is 3. The van der Waals surface area contributed by atoms with Crippen LogP contribution >= 0.6 is 11.3 Å². The van der Waals surface area contributed by atoms with Gasteiger partial charge in [0.15, 0.2) is 5.69 Å². The predicted molar refractivity (Wildman–Crippen MR) is 172 cm³/mol. The molecular weight excluding hydrogens is 637 g/mol. The molecule has 0 atom stereocenters. The number of thiazole rings is 1. The van der Waals surface area contributed by atoms with Gasteiger partial charge in [0, 0.05) is 66.6 Å². The van der Waals surface area contributed by atoms with Crippen LogP contribution in [0.25, 0.3) is 32.6 Å². The molecule has 4 aromatic rings. The third kappa shape index (κ3) is 8.15. The minimum Gasteiger partial charge on any atom is -0.395 e. The quantitative estimate of drug-likeness (QED) is 0.179. The maximum atomic E-state index is 13.7. The van der Waals surface area contributed by atoms with Crippen molar-refractivity contribution in [3.8, 4) is 21.7 Å². The molecule has 1 aliphatic rings. The molecule has 4 heterocycles. The summed E-state index contributed by atoms with van der Waals surface area (Å²) >= 11 is 0.785. The number of pyridine rings is 2. The van der Waals surface area contributed by atoms with E-state index < -0.39 is 29.2 Å². The molecule has 0 unspecified atom stereocenters. The third-order valence-corrected chi connectivity index (χ3v) is 8.62. The molecule has 0 spiro atoms. The number of hydrogen-bond acceptors (Lipinski definition) is 8. The Morgan fingerprint density at radius 3 is 2.62 bits per heavy atom. The molecule has 1 saturated heterocycles. The molecule has 1 aromatic carbocycles. The lowest BCUT2D eigenvalue weighted by atomic mass is 9.96. The number of nitrogens with zero attached hydrogens (tertiary/aromatic N) is 3. The first-order chi connectivity index (χ1) is 22.4. The zero-order valence-corrected chi connectivity index (χ0v) is 26.6. The Hall–Kier alpha value is -4.34. The molecule has 3 amide bonds. The van der Waals surface area contributed by atoms with Crippen LogP contribution in [0.1, 0.15) is 49.2 Å². The second-order valence-corrected chi connectivity index (χ2v) is 12.4. The first-order valence-corrected chi connectivity index (χ1v) is 16.1. The SMILES string of the molecule is CC(C)NC(=O)Nc1cc(-c2nc(C(F)(F)F)cs2)c(-c2ccc3c(c2)c(=O)c(C(=O)NCCO)cn3CCC2CCOCC2)cn1. The summed E-state index contributed by atoms with van der Waals surface area (Å²) in [6.07, 6.45) is 0.903. The first kappa shape index (κ1) is 34.0. The normalized spacial score (nSPS) is 14.0. The van der Waals surface area contributed by atoms with E-state index in [1.165, 1.54) is 18.5 Å². The number of anilines is 1. The molecule has 0 saturated carbocycles. The van der Waals surface area contributed by atoms with E-state index in [1.807, 2.05) is 4.57 Å². The van der Waals surface area contributed by atoms with E-state index in [4.69, 9.17) is 4.74 Å². The minimum atomic E-state index is -4.66. The van der Waals surface area contributed by atoms with Crippen molar-refractivity contribution in [1.82, 2.24) is 25.2 Å². The molecule has 1 fully saturated rings. The van der Waals surface area contributed by atoms with Crippen molar-refractivity contribution >= 4 is 40.0 Å². The van der Waals surface area contributed by atoms with E-state index in [0.29, 0.717) is 42.3 Å². The molecule has 0 aliphatic carbocycles. The highest BCUT2D eigenvalue weighted by Gasteiger charge is 2.34. The van der Waals surface area contributed by atoms with Crippen LogP contribution in [0.5, 0.6) is 0 Å². The van der Waals surface area contributed by atoms with E-state index in [2.05, 4.69) is 25.9 Å². The van der Waals surface area contributed by atoms with Gasteiger partial charge in [0.1, 0.15) is 16.4 Å². The van der Waals surface area contributed by atoms with Crippen LogP contribution < -0.4 is 21.4 Å². The number of nitrogens with one attached hydrogen (secondary N) is 3. The molecular formula is C32H35F3N6O5S. The Labute approximate surface area is 272 Å². The van der Waals surface area contributed by atoms with Crippen LogP contribution in [-0.4, -0.2) is 64.0 Å². The maximum absolute atomic E-state index is 13.7. The fourth-order valence-electron chi connectivity index (χ4n) is 5.41. The maximum Gasteiger partial charge on any atom is 0.434 e. The molecule has 3 aromatic heterocycles. The van der Waals surface area contributed by atoms with Gasteiger partial charge >= 0.3 is 12.2 Å². The summed E-state index contributed by atoms with van der Waals surface area (Å²) in [6.45, 7) is 5.12. The van der Waals surface area contributed by atoms with Crippen molar-refractivity contribution in [3.05, 3.63) is 63.5 Å². The van der Waals surface area contributed by atoms with Gasteiger partial charge in [0.2, 0.25) is 5.43 Å². The van der Waals surface area contributed by atoms with E-state index >= 15 is 0 Å². The fourth-order valence-corrected chi connectivity index (χ4v) is 6.26. The first-order valence-electron chi connectivity index (χ1n) is 15.2. The smallest absolute Gasteiger partial charge is 0.395 e. The summed E-state index contributed by atoms with van der Waals surface area (Å²) in [4.78, 5) is 47.3. The summed E-state index contributed by atoms with van der Waals surface area (Å²) in [7, 11) is 0. The van der Waals surface area contributed by atoms with Crippen LogP contribution in [0.2, 0.25) is 0 Å². The number of aliphatic hydroxyl groups excluding tert-OH is 1. The number of hydrogen-bond donors (Lipinski definition) is 4. The number of aliphatic hydroxyl groups is 1. The lowest BCUT2D eigenvalue weighted by Gasteiger charge is -2.23. The summed E-state index contributed by atoms with van der Waals surface area (Å²) in [6, 6.07) is 5.78. The zero-order valence-electron chi connectivity index (χ0n) is 25.8. The molecule has 15 heteroatoms. The lowest BCUT2D eigenvalue weighted by Crippen LogP contribution is -2.34. The molecule has 250 valence electrons. The van der Waals surface area contributed by atoms with Crippen LogP contribution in [0.3, 0.4) is 0 Å². The summed E-state index contributed by atoms with van der Waals surface area (Å²) in [5, 5.41) is 18.2. The summed E-state index contributed by atoms with van der Waals surface area (Å²) in [5.41, 5.74) is -0.0364. The fraction of sp³-hybridized carbons (Fsp3) is 0.406. The Balaban J connectivity index is 1.62. The molecule has 0 radical (unpaired) electrons. The number of benzene rings is 1. The number of ether oxygens (including phenoxy) is 1. The van der Waals surface area contributed by atoms with Gasteiger partial charge in [-0.2, -0.15) is 13.2 Å². The molecule has 0 bridgehead atoms. The van der Waals surface area contributed by atoms with Crippen molar-refractivity contribution in [2.45, 2.75) is 51.9 Å². The average molecular weight is 673 g/mol. The molecule has 47 heavy (non-hydrogen) atoms. The monoisotopic (exact) mass is 672 g/mol. The summed E-state index contributed by atoms with van der Waals surface area (Å²) < 4.78 is 47.9. The van der Waals surface area contributed by atoms with Crippen molar-refractivity contribution in [3.63, 3.8) is 0 Å². The van der Waals surface area contributed by atoms with Crippen LogP contribution in [0, 0.1) is 5.92 Å². The number of aryl methyl sites for hydroxylation is 1. The largest absolute Gasteiger partial charge is 0.434 e. The number of alkyl halides is 3. The van der Waals surface area contributed by atoms with Crippen molar-refractivity contribution < 1.29 is 32.6 Å². The van der Waals surface area contributed by atoms with Gasteiger partial charge in [-0.1, -0.05) is 6.07 Å². The Morgan fingerprint density at radius 2 is 1.94 bits per heavy atom. The standard InChI is InChI=1S/C32H35F3N6O5S/c1-18(2)38-31(45)40-27-14-21(30-39-26(17-47-30)32(33,34)35)23(15-37-27)20-3-4-25-22(13-20)28(43)24(29(44)36-8-10-42)16-41(25)9-5-19-6-11-46-12-7-19/h3-4,13-19,42H,5-12H2,1-2H3,(H,36,44)(H2,37,38,40,45). The Morgan fingerprint density at radius 1 is 1.17 bits per heavy atom. The highest BCUT2D eigenvalue weighted by atomic mass is 32.1. The average Bonchev–Trinajstić information content (AvgIpc) is 3.55. The predicted octanol–water partition coefficient (Wildman–Crippen LogP) is 5.27. The molecule has 4 N–H and O–H groups in total. The van der Waals surface area contributed by atoms with Gasteiger partial charge < -0.3 is 25.0 Å². The van der Waals surface area contributed by atoms with Crippen molar-refractivity contribution in [1.29, 1.82) is 0 Å². The Kier molecular flexibility index (Phi) is 10.6. The number of fused-ring (bicyclic) bond motifs is 1. The topological polar surface area (TPSA) is 147 Å². The number of urea groups is 1. The van der Waals surface area contributed by atoms with Gasteiger partial charge in [-0.05, 0) is 62.8 Å². The number of halogens is 3. The third-order valence-electron chi connectivity index (χ3n) is 7.74. The number of carbonyl (C=O) groups excluding carboxylic acids is 2. The van der Waals surface area contributed by atoms with Gasteiger partial charge in [-0.15, -0.1) is 11.3 Å². The summed E-state index contributed by atoms with van der Waals surface area (Å²) in [5.74, 6) is -0.117. The minimum absolute atomic E-state index is 0.0310.